The molecule has 0 aliphatic heterocycles. The highest BCUT2D eigenvalue weighted by Crippen LogP contribution is 2.24. The highest BCUT2D eigenvalue weighted by atomic mass is 35.5. The van der Waals surface area contributed by atoms with Gasteiger partial charge in [0, 0.05) is 5.56 Å². The molecule has 0 spiro atoms. The lowest BCUT2D eigenvalue weighted by atomic mass is 10.1. The molecule has 0 aliphatic carbocycles. The number of benzene rings is 1. The number of hydrogen-bond donors (Lipinski definition) is 0. The van der Waals surface area contributed by atoms with E-state index in [1.807, 2.05) is 0 Å². The molecule has 24 heavy (non-hydrogen) atoms. The Morgan fingerprint density at radius 2 is 2.00 bits per heavy atom. The number of rotatable bonds is 5. The SMILES string of the molecule is Cc1ccc(-n2cc(COc3ncc(Cl)cn3)nn2)cc1C(F)F. The maximum absolute atomic E-state index is 13.0. The van der Waals surface area contributed by atoms with Crippen LogP contribution in [0.3, 0.4) is 0 Å². The summed E-state index contributed by atoms with van der Waals surface area (Å²) in [5.41, 5.74) is 1.50. The van der Waals surface area contributed by atoms with Gasteiger partial charge in [-0.3, -0.25) is 0 Å². The Balaban J connectivity index is 1.73. The van der Waals surface area contributed by atoms with Crippen LogP contribution in [0, 0.1) is 6.92 Å². The third kappa shape index (κ3) is 3.65. The third-order valence-corrected chi connectivity index (χ3v) is 3.44. The molecular weight excluding hydrogens is 340 g/mol. The average molecular weight is 352 g/mol. The number of aryl methyl sites for hydroxylation is 1. The monoisotopic (exact) mass is 351 g/mol. The van der Waals surface area contributed by atoms with Gasteiger partial charge in [-0.15, -0.1) is 5.10 Å². The minimum Gasteiger partial charge on any atom is -0.457 e. The minimum atomic E-state index is -2.54. The lowest BCUT2D eigenvalue weighted by molar-refractivity contribution is 0.150. The van der Waals surface area contributed by atoms with Crippen LogP contribution in [-0.2, 0) is 6.61 Å². The first-order valence-electron chi connectivity index (χ1n) is 6.93. The summed E-state index contributed by atoms with van der Waals surface area (Å²) in [6.07, 6.45) is 1.88. The van der Waals surface area contributed by atoms with E-state index in [9.17, 15) is 8.78 Å². The van der Waals surface area contributed by atoms with Crippen molar-refractivity contribution in [3.05, 3.63) is 58.6 Å². The van der Waals surface area contributed by atoms with Gasteiger partial charge in [-0.25, -0.2) is 23.4 Å². The molecular formula is C15H12ClF2N5O. The topological polar surface area (TPSA) is 65.7 Å². The summed E-state index contributed by atoms with van der Waals surface area (Å²) >= 11 is 5.69. The van der Waals surface area contributed by atoms with Crippen LogP contribution in [0.4, 0.5) is 8.78 Å². The van der Waals surface area contributed by atoms with Crippen LogP contribution < -0.4 is 4.74 Å². The average Bonchev–Trinajstić information content (AvgIpc) is 3.03. The molecule has 6 nitrogen and oxygen atoms in total. The predicted octanol–water partition coefficient (Wildman–Crippen LogP) is 3.54. The zero-order valence-electron chi connectivity index (χ0n) is 12.5. The van der Waals surface area contributed by atoms with Crippen molar-refractivity contribution in [2.24, 2.45) is 0 Å². The van der Waals surface area contributed by atoms with Gasteiger partial charge in [0.05, 0.1) is 29.3 Å². The predicted molar refractivity (Wildman–Crippen MR) is 82.4 cm³/mol. The molecule has 3 rings (SSSR count). The van der Waals surface area contributed by atoms with Crippen molar-refractivity contribution in [1.29, 1.82) is 0 Å². The number of ether oxygens (including phenoxy) is 1. The molecule has 0 N–H and O–H groups in total. The molecule has 124 valence electrons. The molecule has 0 bridgehead atoms. The molecule has 2 aromatic heterocycles. The van der Waals surface area contributed by atoms with Gasteiger partial charge in [0.2, 0.25) is 0 Å². The van der Waals surface area contributed by atoms with E-state index in [-0.39, 0.29) is 18.2 Å². The second-order valence-electron chi connectivity index (χ2n) is 4.97. The van der Waals surface area contributed by atoms with Gasteiger partial charge in [0.25, 0.3) is 6.43 Å². The van der Waals surface area contributed by atoms with Gasteiger partial charge in [-0.05, 0) is 24.6 Å². The Morgan fingerprint density at radius 3 is 2.71 bits per heavy atom. The highest BCUT2D eigenvalue weighted by Gasteiger charge is 2.13. The van der Waals surface area contributed by atoms with Crippen LogP contribution >= 0.6 is 11.6 Å². The van der Waals surface area contributed by atoms with Crippen molar-refractivity contribution in [1.82, 2.24) is 25.0 Å². The zero-order chi connectivity index (χ0) is 17.1. The third-order valence-electron chi connectivity index (χ3n) is 3.25. The standard InChI is InChI=1S/C15H12ClF2N5O/c1-9-2-3-12(4-13(9)14(17)18)23-7-11(21-22-23)8-24-15-19-5-10(16)6-20-15/h2-7,14H,8H2,1H3. The van der Waals surface area contributed by atoms with Gasteiger partial charge in [-0.2, -0.15) is 0 Å². The zero-order valence-corrected chi connectivity index (χ0v) is 13.3. The molecule has 0 saturated heterocycles. The summed E-state index contributed by atoms with van der Waals surface area (Å²) in [6.45, 7) is 1.73. The Bertz CT molecular complexity index is 838. The Labute approximate surface area is 141 Å². The number of halogens is 3. The van der Waals surface area contributed by atoms with Gasteiger partial charge >= 0.3 is 6.01 Å². The molecule has 2 heterocycles. The molecule has 0 atom stereocenters. The molecule has 0 radical (unpaired) electrons. The van der Waals surface area contributed by atoms with E-state index >= 15 is 0 Å². The van der Waals surface area contributed by atoms with E-state index in [4.69, 9.17) is 16.3 Å². The minimum absolute atomic E-state index is 0.0321. The number of nitrogens with zero attached hydrogens (tertiary/aromatic N) is 5. The summed E-state index contributed by atoms with van der Waals surface area (Å²) in [5.74, 6) is 0. The van der Waals surface area contributed by atoms with Crippen LogP contribution in [0.5, 0.6) is 6.01 Å². The van der Waals surface area contributed by atoms with Crippen molar-refractivity contribution >= 4 is 11.6 Å². The van der Waals surface area contributed by atoms with Crippen molar-refractivity contribution in [2.75, 3.05) is 0 Å². The van der Waals surface area contributed by atoms with E-state index in [2.05, 4.69) is 20.3 Å². The fourth-order valence-corrected chi connectivity index (χ4v) is 2.11. The first-order valence-corrected chi connectivity index (χ1v) is 7.31. The lowest BCUT2D eigenvalue weighted by Crippen LogP contribution is -1.99. The van der Waals surface area contributed by atoms with E-state index in [1.54, 1.807) is 25.3 Å². The summed E-state index contributed by atoms with van der Waals surface area (Å²) in [7, 11) is 0. The van der Waals surface area contributed by atoms with Crippen LogP contribution in [0.25, 0.3) is 5.69 Å². The molecule has 3 aromatic rings. The van der Waals surface area contributed by atoms with E-state index in [0.29, 0.717) is 22.0 Å². The lowest BCUT2D eigenvalue weighted by Gasteiger charge is -2.07. The molecule has 9 heteroatoms. The number of alkyl halides is 2. The maximum Gasteiger partial charge on any atom is 0.316 e. The van der Waals surface area contributed by atoms with E-state index < -0.39 is 6.43 Å². The van der Waals surface area contributed by atoms with Gasteiger partial charge in [0.1, 0.15) is 12.3 Å². The van der Waals surface area contributed by atoms with Crippen molar-refractivity contribution < 1.29 is 13.5 Å². The first kappa shape index (κ1) is 16.3. The Morgan fingerprint density at radius 1 is 1.25 bits per heavy atom. The van der Waals surface area contributed by atoms with Crippen LogP contribution in [0.15, 0.2) is 36.8 Å². The summed E-state index contributed by atoms with van der Waals surface area (Å²) in [4.78, 5) is 7.79. The Hall–Kier alpha value is -2.61. The van der Waals surface area contributed by atoms with Gasteiger partial charge in [0.15, 0.2) is 0 Å². The van der Waals surface area contributed by atoms with Crippen LogP contribution in [0.2, 0.25) is 5.02 Å². The van der Waals surface area contributed by atoms with Crippen molar-refractivity contribution in [3.8, 4) is 11.7 Å². The van der Waals surface area contributed by atoms with Crippen LogP contribution in [-0.4, -0.2) is 25.0 Å². The quantitative estimate of drug-likeness (QED) is 0.703. The largest absolute Gasteiger partial charge is 0.457 e. The molecule has 0 amide bonds. The number of aromatic nitrogens is 5. The van der Waals surface area contributed by atoms with E-state index in [0.717, 1.165) is 0 Å². The van der Waals surface area contributed by atoms with Gasteiger partial charge < -0.3 is 4.74 Å². The maximum atomic E-state index is 13.0. The summed E-state index contributed by atoms with van der Waals surface area (Å²) in [6, 6.07) is 4.87. The smallest absolute Gasteiger partial charge is 0.316 e. The van der Waals surface area contributed by atoms with E-state index in [1.165, 1.54) is 23.1 Å². The second-order valence-corrected chi connectivity index (χ2v) is 5.41. The van der Waals surface area contributed by atoms with Crippen molar-refractivity contribution in [3.63, 3.8) is 0 Å². The van der Waals surface area contributed by atoms with Crippen molar-refractivity contribution in [2.45, 2.75) is 20.0 Å². The summed E-state index contributed by atoms with van der Waals surface area (Å²) < 4.78 is 32.7. The molecule has 0 saturated carbocycles. The Kier molecular flexibility index (Phi) is 4.66. The summed E-state index contributed by atoms with van der Waals surface area (Å²) in [5, 5.41) is 8.27. The molecule has 1 aromatic carbocycles. The number of hydrogen-bond acceptors (Lipinski definition) is 5. The highest BCUT2D eigenvalue weighted by molar-refractivity contribution is 6.30. The normalized spacial score (nSPS) is 11.0. The fraction of sp³-hybridized carbons (Fsp3) is 0.200. The fourth-order valence-electron chi connectivity index (χ4n) is 2.01. The van der Waals surface area contributed by atoms with Crippen LogP contribution in [0.1, 0.15) is 23.2 Å². The second kappa shape index (κ2) is 6.88. The molecule has 0 unspecified atom stereocenters. The molecule has 0 aliphatic rings. The first-order chi connectivity index (χ1) is 11.5. The van der Waals surface area contributed by atoms with Gasteiger partial charge in [-0.1, -0.05) is 22.9 Å². The molecule has 0 fully saturated rings.